The molecule has 57 heavy (non-hydrogen) atoms. The molecule has 5 aliphatic rings. The van der Waals surface area contributed by atoms with Crippen LogP contribution in [0, 0.1) is 25.6 Å². The third kappa shape index (κ3) is 9.34. The third-order valence-corrected chi connectivity index (χ3v) is 15.0. The number of piperidine rings is 2. The molecule has 7 atom stereocenters. The van der Waals surface area contributed by atoms with E-state index in [1.54, 1.807) is 16.4 Å². The average molecular weight is 821 g/mol. The second kappa shape index (κ2) is 17.6. The van der Waals surface area contributed by atoms with Gasteiger partial charge in [-0.25, -0.2) is 31.9 Å². The lowest BCUT2D eigenvalue weighted by Gasteiger charge is -2.54. The standard InChI is InChI=1S/C33H47FN6O3S.C6H10O7/c1-23-21-38(33(4)12-16-37(17-13-33)32(41)30-24(2)35-22-36-25(30)3)18-19-40(23)31(27-6-5-7-28(34)20-27)26-10-14-39(15-11-26)44(42,43)29-8-9-29;7-1-2(8)4(5(10)11)13-6(12)3(1)9/h5-7,20,22-23,26,29,31H,8-19,21H2,1-4H3;1-4,6-9,12H,(H,10,11)/t23-,31-;1-,2+,3+,4-,6-/m10/s1. The molecule has 5 N–H and O–H groups in total. The maximum atomic E-state index is 14.5. The number of aliphatic hydroxyl groups is 4. The number of amides is 1. The first-order valence-electron chi connectivity index (χ1n) is 19.9. The summed E-state index contributed by atoms with van der Waals surface area (Å²) < 4.78 is 46.4. The van der Waals surface area contributed by atoms with Crippen LogP contribution in [0.5, 0.6) is 0 Å². The molecule has 0 radical (unpaired) electrons. The predicted octanol–water partition coefficient (Wildman–Crippen LogP) is 1.05. The summed E-state index contributed by atoms with van der Waals surface area (Å²) in [7, 11) is -3.18. The second-order valence-electron chi connectivity index (χ2n) is 16.5. The molecule has 4 aliphatic heterocycles. The maximum absolute atomic E-state index is 14.5. The Hall–Kier alpha value is -3.20. The number of carboxylic acid groups (broad SMARTS) is 1. The molecule has 1 aromatic carbocycles. The largest absolute Gasteiger partial charge is 0.479 e. The van der Waals surface area contributed by atoms with Crippen molar-refractivity contribution in [2.45, 2.75) is 120 Å². The average Bonchev–Trinajstić information content (AvgIpc) is 4.04. The fourth-order valence-corrected chi connectivity index (χ4v) is 10.8. The topological polar surface area (TPSA) is 217 Å². The van der Waals surface area contributed by atoms with Gasteiger partial charge in [-0.2, -0.15) is 0 Å². The number of likely N-dealkylation sites (tertiary alicyclic amines) is 1. The van der Waals surface area contributed by atoms with Gasteiger partial charge < -0.3 is 35.2 Å². The van der Waals surface area contributed by atoms with Crippen molar-refractivity contribution >= 4 is 21.9 Å². The molecule has 1 amide bonds. The number of benzene rings is 1. The van der Waals surface area contributed by atoms with Crippen LogP contribution in [0.15, 0.2) is 30.6 Å². The summed E-state index contributed by atoms with van der Waals surface area (Å²) in [5.41, 5.74) is 3.05. The van der Waals surface area contributed by atoms with E-state index in [0.29, 0.717) is 31.7 Å². The fraction of sp³-hybridized carbons (Fsp3) is 0.692. The van der Waals surface area contributed by atoms with Gasteiger partial charge in [-0.15, -0.1) is 0 Å². The first kappa shape index (κ1) is 43.4. The molecule has 1 saturated carbocycles. The van der Waals surface area contributed by atoms with Crippen LogP contribution in [0.25, 0.3) is 0 Å². The molecule has 5 heterocycles. The van der Waals surface area contributed by atoms with Crippen LogP contribution in [-0.4, -0.2) is 168 Å². The SMILES string of the molecule is Cc1ncnc(C)c1C(=O)N1CCC(C)(N2CCN([C@@H](c3cccc(F)c3)C3CCN(S(=O)(=O)C4CC4)CC3)[C@H](C)C2)CC1.O=C(O)[C@H]1O[C@H](O)[C@H](O)[C@@H](O)[C@H]1O. The van der Waals surface area contributed by atoms with Crippen LogP contribution in [0.3, 0.4) is 0 Å². The lowest BCUT2D eigenvalue weighted by molar-refractivity contribution is -0.279. The number of carbonyl (C=O) groups is 2. The van der Waals surface area contributed by atoms with Crippen LogP contribution < -0.4 is 0 Å². The third-order valence-electron chi connectivity index (χ3n) is 12.6. The molecular formula is C39H57FN6O10S. The molecule has 0 spiro atoms. The van der Waals surface area contributed by atoms with Crippen molar-refractivity contribution in [1.82, 2.24) is 29.0 Å². The van der Waals surface area contributed by atoms with E-state index in [0.717, 1.165) is 75.1 Å². The molecule has 0 unspecified atom stereocenters. The number of carboxylic acids is 1. The van der Waals surface area contributed by atoms with E-state index in [1.165, 1.54) is 12.4 Å². The summed E-state index contributed by atoms with van der Waals surface area (Å²) in [6.45, 7) is 13.5. The number of aliphatic carboxylic acids is 1. The van der Waals surface area contributed by atoms with E-state index in [1.807, 2.05) is 24.8 Å². The van der Waals surface area contributed by atoms with Gasteiger partial charge in [0.2, 0.25) is 10.0 Å². The van der Waals surface area contributed by atoms with Crippen LogP contribution in [0.4, 0.5) is 4.39 Å². The number of hydrogen-bond donors (Lipinski definition) is 5. The molecule has 18 heteroatoms. The van der Waals surface area contributed by atoms with Crippen molar-refractivity contribution in [2.24, 2.45) is 5.92 Å². The summed E-state index contributed by atoms with van der Waals surface area (Å²) in [6, 6.07) is 7.29. The highest BCUT2D eigenvalue weighted by Crippen LogP contribution is 2.41. The van der Waals surface area contributed by atoms with Gasteiger partial charge in [0.1, 0.15) is 30.5 Å². The maximum Gasteiger partial charge on any atom is 0.335 e. The van der Waals surface area contributed by atoms with Gasteiger partial charge in [-0.05, 0) is 89.8 Å². The number of carbonyl (C=O) groups excluding carboxylic acids is 1. The lowest BCUT2D eigenvalue weighted by Crippen LogP contribution is -2.63. The Balaban J connectivity index is 0.000000360. The van der Waals surface area contributed by atoms with Crippen molar-refractivity contribution in [3.63, 3.8) is 0 Å². The molecule has 0 bridgehead atoms. The summed E-state index contributed by atoms with van der Waals surface area (Å²) in [4.78, 5) is 39.4. The van der Waals surface area contributed by atoms with Crippen molar-refractivity contribution in [2.75, 3.05) is 45.8 Å². The first-order valence-corrected chi connectivity index (χ1v) is 21.4. The van der Waals surface area contributed by atoms with Gasteiger partial charge in [0.05, 0.1) is 22.2 Å². The van der Waals surface area contributed by atoms with Crippen molar-refractivity contribution in [3.8, 4) is 0 Å². The number of hydrogen-bond acceptors (Lipinski definition) is 13. The molecule has 7 rings (SSSR count). The summed E-state index contributed by atoms with van der Waals surface area (Å²) >= 11 is 0. The first-order chi connectivity index (χ1) is 26.9. The van der Waals surface area contributed by atoms with Crippen molar-refractivity contribution in [1.29, 1.82) is 0 Å². The van der Waals surface area contributed by atoms with E-state index in [4.69, 9.17) is 25.5 Å². The number of halogens is 1. The molecular weight excluding hydrogens is 764 g/mol. The Kier molecular flexibility index (Phi) is 13.4. The minimum Gasteiger partial charge on any atom is -0.479 e. The van der Waals surface area contributed by atoms with Gasteiger partial charge in [-0.3, -0.25) is 14.6 Å². The molecule has 4 saturated heterocycles. The van der Waals surface area contributed by atoms with E-state index in [-0.39, 0.29) is 40.5 Å². The highest BCUT2D eigenvalue weighted by Gasteiger charge is 2.47. The smallest absolute Gasteiger partial charge is 0.335 e. The quantitative estimate of drug-likeness (QED) is 0.252. The minimum absolute atomic E-state index is 0.00866. The number of nitrogens with zero attached hydrogens (tertiary/aromatic N) is 6. The van der Waals surface area contributed by atoms with E-state index in [2.05, 4.69) is 38.4 Å². The second-order valence-corrected chi connectivity index (χ2v) is 18.7. The van der Waals surface area contributed by atoms with Gasteiger partial charge in [0.25, 0.3) is 5.91 Å². The van der Waals surface area contributed by atoms with Gasteiger partial charge in [0.15, 0.2) is 12.4 Å². The Morgan fingerprint density at radius 3 is 2.11 bits per heavy atom. The number of rotatable bonds is 8. The zero-order chi connectivity index (χ0) is 41.4. The van der Waals surface area contributed by atoms with Crippen LogP contribution in [0.2, 0.25) is 0 Å². The normalized spacial score (nSPS) is 29.9. The zero-order valence-corrected chi connectivity index (χ0v) is 33.8. The Morgan fingerprint density at radius 1 is 0.912 bits per heavy atom. The Labute approximate surface area is 333 Å². The van der Waals surface area contributed by atoms with Gasteiger partial charge in [0, 0.05) is 63.4 Å². The minimum atomic E-state index is -3.18. The number of aliphatic hydroxyl groups excluding tert-OH is 4. The summed E-state index contributed by atoms with van der Waals surface area (Å²) in [5.74, 6) is -1.46. The molecule has 1 aliphatic carbocycles. The number of piperazine rings is 1. The number of sulfonamides is 1. The molecule has 2 aromatic rings. The lowest BCUT2D eigenvalue weighted by atomic mass is 9.82. The van der Waals surface area contributed by atoms with E-state index < -0.39 is 46.7 Å². The highest BCUT2D eigenvalue weighted by atomic mass is 32.2. The Morgan fingerprint density at radius 2 is 1.54 bits per heavy atom. The fourth-order valence-electron chi connectivity index (χ4n) is 8.96. The molecule has 5 fully saturated rings. The number of aromatic nitrogens is 2. The summed E-state index contributed by atoms with van der Waals surface area (Å²) in [6.07, 6.45) is -2.28. The van der Waals surface area contributed by atoms with Crippen molar-refractivity contribution < 1.29 is 52.7 Å². The van der Waals surface area contributed by atoms with Crippen LogP contribution in [-0.2, 0) is 19.6 Å². The number of ether oxygens (including phenoxy) is 1. The molecule has 1 aromatic heterocycles. The number of aryl methyl sites for hydroxylation is 2. The molecule has 16 nitrogen and oxygen atoms in total. The van der Waals surface area contributed by atoms with Gasteiger partial charge >= 0.3 is 5.97 Å². The predicted molar refractivity (Wildman–Crippen MR) is 205 cm³/mol. The van der Waals surface area contributed by atoms with Crippen molar-refractivity contribution in [3.05, 3.63) is 58.9 Å². The Bertz CT molecular complexity index is 1840. The van der Waals surface area contributed by atoms with E-state index in [9.17, 15) is 22.4 Å². The molecule has 316 valence electrons. The van der Waals surface area contributed by atoms with E-state index >= 15 is 0 Å². The highest BCUT2D eigenvalue weighted by molar-refractivity contribution is 7.90. The summed E-state index contributed by atoms with van der Waals surface area (Å²) in [5, 5.41) is 44.2. The van der Waals surface area contributed by atoms with Crippen LogP contribution >= 0.6 is 0 Å². The zero-order valence-electron chi connectivity index (χ0n) is 33.0. The monoisotopic (exact) mass is 820 g/mol. The van der Waals surface area contributed by atoms with Gasteiger partial charge in [-0.1, -0.05) is 12.1 Å². The van der Waals surface area contributed by atoms with Crippen LogP contribution in [0.1, 0.15) is 85.7 Å².